The van der Waals surface area contributed by atoms with E-state index in [-0.39, 0.29) is 30.2 Å². The molecule has 23 heavy (non-hydrogen) atoms. The molecule has 6 nitrogen and oxygen atoms in total. The minimum Gasteiger partial charge on any atom is -0.452 e. The molecule has 0 unspecified atom stereocenters. The van der Waals surface area contributed by atoms with Crippen molar-refractivity contribution >= 4 is 17.8 Å². The summed E-state index contributed by atoms with van der Waals surface area (Å²) in [6, 6.07) is 6.16. The molecule has 1 aliphatic heterocycles. The molecule has 0 aromatic heterocycles. The Bertz CT molecular complexity index is 587. The molecule has 2 N–H and O–H groups in total. The lowest BCUT2D eigenvalue weighted by molar-refractivity contribution is -0.140. The molecule has 2 atom stereocenters. The monoisotopic (exact) mass is 318 g/mol. The average molecular weight is 318 g/mol. The van der Waals surface area contributed by atoms with Crippen molar-refractivity contribution in [2.45, 2.75) is 45.2 Å². The number of amides is 2. The van der Waals surface area contributed by atoms with Crippen LogP contribution >= 0.6 is 0 Å². The SMILES string of the molecule is C[C@@H]1CCC[C@@H](C)N1C(=O)COC(=O)c1ccc(C(N)=O)cc1. The maximum Gasteiger partial charge on any atom is 0.338 e. The molecule has 2 rings (SSSR count). The van der Waals surface area contributed by atoms with Crippen LogP contribution in [0.15, 0.2) is 24.3 Å². The third kappa shape index (κ3) is 4.09. The van der Waals surface area contributed by atoms with Crippen LogP contribution < -0.4 is 5.73 Å². The lowest BCUT2D eigenvalue weighted by Crippen LogP contribution is -2.49. The van der Waals surface area contributed by atoms with Gasteiger partial charge in [-0.2, -0.15) is 0 Å². The lowest BCUT2D eigenvalue weighted by Gasteiger charge is -2.38. The quantitative estimate of drug-likeness (QED) is 0.856. The number of carbonyl (C=O) groups is 3. The minimum absolute atomic E-state index is 0.166. The molecule has 1 aromatic carbocycles. The number of hydrogen-bond donors (Lipinski definition) is 1. The maximum atomic E-state index is 12.3. The van der Waals surface area contributed by atoms with E-state index in [1.807, 2.05) is 13.8 Å². The molecule has 1 heterocycles. The van der Waals surface area contributed by atoms with Crippen molar-refractivity contribution in [3.8, 4) is 0 Å². The number of benzene rings is 1. The zero-order valence-electron chi connectivity index (χ0n) is 13.5. The van der Waals surface area contributed by atoms with Crippen molar-refractivity contribution in [2.75, 3.05) is 6.61 Å². The summed E-state index contributed by atoms with van der Waals surface area (Å²) < 4.78 is 5.09. The Balaban J connectivity index is 1.93. The van der Waals surface area contributed by atoms with E-state index >= 15 is 0 Å². The smallest absolute Gasteiger partial charge is 0.338 e. The second-order valence-corrected chi connectivity index (χ2v) is 5.95. The molecular weight excluding hydrogens is 296 g/mol. The summed E-state index contributed by atoms with van der Waals surface area (Å²) in [6.45, 7) is 3.75. The van der Waals surface area contributed by atoms with Crippen molar-refractivity contribution in [3.63, 3.8) is 0 Å². The molecule has 1 saturated heterocycles. The van der Waals surface area contributed by atoms with Gasteiger partial charge in [0.1, 0.15) is 0 Å². The first-order chi connectivity index (χ1) is 10.9. The molecule has 124 valence electrons. The van der Waals surface area contributed by atoms with Gasteiger partial charge < -0.3 is 15.4 Å². The molecule has 1 aliphatic rings. The Kier molecular flexibility index (Phi) is 5.36. The first-order valence-electron chi connectivity index (χ1n) is 7.78. The summed E-state index contributed by atoms with van der Waals surface area (Å²) in [5, 5.41) is 0. The van der Waals surface area contributed by atoms with Crippen LogP contribution in [0.1, 0.15) is 53.8 Å². The second-order valence-electron chi connectivity index (χ2n) is 5.95. The third-order valence-electron chi connectivity index (χ3n) is 4.21. The summed E-state index contributed by atoms with van der Waals surface area (Å²) in [6.07, 6.45) is 3.05. The van der Waals surface area contributed by atoms with Crippen molar-refractivity contribution < 1.29 is 19.1 Å². The van der Waals surface area contributed by atoms with Crippen LogP contribution in [0.25, 0.3) is 0 Å². The molecule has 6 heteroatoms. The predicted molar refractivity (Wildman–Crippen MR) is 84.9 cm³/mol. The second kappa shape index (κ2) is 7.26. The number of likely N-dealkylation sites (tertiary alicyclic amines) is 1. The first kappa shape index (κ1) is 17.0. The van der Waals surface area contributed by atoms with Gasteiger partial charge >= 0.3 is 5.97 Å². The fourth-order valence-electron chi connectivity index (χ4n) is 2.97. The zero-order valence-corrected chi connectivity index (χ0v) is 13.5. The molecule has 1 aromatic rings. The van der Waals surface area contributed by atoms with Gasteiger partial charge in [-0.15, -0.1) is 0 Å². The Morgan fingerprint density at radius 3 is 2.13 bits per heavy atom. The summed E-state index contributed by atoms with van der Waals surface area (Å²) >= 11 is 0. The van der Waals surface area contributed by atoms with E-state index < -0.39 is 11.9 Å². The van der Waals surface area contributed by atoms with Gasteiger partial charge in [-0.05, 0) is 57.4 Å². The Labute approximate surface area is 135 Å². The van der Waals surface area contributed by atoms with Gasteiger partial charge in [0.25, 0.3) is 5.91 Å². The van der Waals surface area contributed by atoms with Crippen LogP contribution in [0.4, 0.5) is 0 Å². The number of rotatable bonds is 4. The zero-order chi connectivity index (χ0) is 17.0. The van der Waals surface area contributed by atoms with Gasteiger partial charge in [-0.3, -0.25) is 9.59 Å². The van der Waals surface area contributed by atoms with Gasteiger partial charge in [-0.25, -0.2) is 4.79 Å². The van der Waals surface area contributed by atoms with Gasteiger partial charge in [-0.1, -0.05) is 0 Å². The summed E-state index contributed by atoms with van der Waals surface area (Å²) in [5.74, 6) is -1.33. The molecule has 0 saturated carbocycles. The molecule has 0 spiro atoms. The normalized spacial score (nSPS) is 20.9. The van der Waals surface area contributed by atoms with E-state index in [1.165, 1.54) is 24.3 Å². The number of nitrogens with two attached hydrogens (primary N) is 1. The van der Waals surface area contributed by atoms with E-state index in [0.29, 0.717) is 5.56 Å². The highest BCUT2D eigenvalue weighted by Crippen LogP contribution is 2.22. The largest absolute Gasteiger partial charge is 0.452 e. The lowest BCUT2D eigenvalue weighted by atomic mass is 9.97. The number of carbonyl (C=O) groups excluding carboxylic acids is 3. The number of piperidine rings is 1. The average Bonchev–Trinajstić information content (AvgIpc) is 2.52. The number of nitrogens with zero attached hydrogens (tertiary/aromatic N) is 1. The van der Waals surface area contributed by atoms with Crippen molar-refractivity contribution in [1.82, 2.24) is 4.90 Å². The van der Waals surface area contributed by atoms with Gasteiger partial charge in [0, 0.05) is 17.6 Å². The Morgan fingerprint density at radius 1 is 1.09 bits per heavy atom. The van der Waals surface area contributed by atoms with Crippen molar-refractivity contribution in [3.05, 3.63) is 35.4 Å². The molecule has 0 aliphatic carbocycles. The standard InChI is InChI=1S/C17H22N2O4/c1-11-4-3-5-12(2)19(11)15(20)10-23-17(22)14-8-6-13(7-9-14)16(18)21/h6-9,11-12H,3-5,10H2,1-2H3,(H2,18,21)/t11-,12-/m1/s1. The van der Waals surface area contributed by atoms with E-state index in [0.717, 1.165) is 19.3 Å². The van der Waals surface area contributed by atoms with E-state index in [1.54, 1.807) is 4.90 Å². The minimum atomic E-state index is -0.591. The van der Waals surface area contributed by atoms with Gasteiger partial charge in [0.15, 0.2) is 6.61 Å². The fourth-order valence-corrected chi connectivity index (χ4v) is 2.97. The highest BCUT2D eigenvalue weighted by Gasteiger charge is 2.29. The van der Waals surface area contributed by atoms with Crippen LogP contribution in [-0.2, 0) is 9.53 Å². The van der Waals surface area contributed by atoms with E-state index in [4.69, 9.17) is 10.5 Å². The summed E-state index contributed by atoms with van der Waals surface area (Å²) in [7, 11) is 0. The van der Waals surface area contributed by atoms with Crippen molar-refractivity contribution in [1.29, 1.82) is 0 Å². The Hall–Kier alpha value is -2.37. The van der Waals surface area contributed by atoms with E-state index in [9.17, 15) is 14.4 Å². The highest BCUT2D eigenvalue weighted by molar-refractivity contribution is 5.95. The fraction of sp³-hybridized carbons (Fsp3) is 0.471. The molecular formula is C17H22N2O4. The molecule has 0 radical (unpaired) electrons. The Morgan fingerprint density at radius 2 is 1.61 bits per heavy atom. The van der Waals surface area contributed by atoms with Gasteiger partial charge in [0.05, 0.1) is 5.56 Å². The van der Waals surface area contributed by atoms with Crippen LogP contribution in [0.5, 0.6) is 0 Å². The van der Waals surface area contributed by atoms with Crippen LogP contribution in [-0.4, -0.2) is 41.4 Å². The van der Waals surface area contributed by atoms with Crippen LogP contribution in [0, 0.1) is 0 Å². The number of ether oxygens (including phenoxy) is 1. The van der Waals surface area contributed by atoms with E-state index in [2.05, 4.69) is 0 Å². The van der Waals surface area contributed by atoms with Crippen LogP contribution in [0.3, 0.4) is 0 Å². The molecule has 1 fully saturated rings. The first-order valence-corrected chi connectivity index (χ1v) is 7.78. The predicted octanol–water partition coefficient (Wildman–Crippen LogP) is 1.73. The van der Waals surface area contributed by atoms with Gasteiger partial charge in [0.2, 0.25) is 5.91 Å². The molecule has 2 amide bonds. The third-order valence-corrected chi connectivity index (χ3v) is 4.21. The summed E-state index contributed by atoms with van der Waals surface area (Å²) in [4.78, 5) is 37.0. The maximum absolute atomic E-state index is 12.3. The van der Waals surface area contributed by atoms with Crippen LogP contribution in [0.2, 0.25) is 0 Å². The number of esters is 1. The van der Waals surface area contributed by atoms with Crippen molar-refractivity contribution in [2.24, 2.45) is 5.73 Å². The topological polar surface area (TPSA) is 89.7 Å². The summed E-state index contributed by atoms with van der Waals surface area (Å²) in [5.41, 5.74) is 5.74. The number of hydrogen-bond acceptors (Lipinski definition) is 4. The number of primary amides is 1. The highest BCUT2D eigenvalue weighted by atomic mass is 16.5. The molecule has 0 bridgehead atoms.